The molecule has 0 radical (unpaired) electrons. The first-order valence-electron chi connectivity index (χ1n) is 6.80. The van der Waals surface area contributed by atoms with Gasteiger partial charge in [-0.2, -0.15) is 10.1 Å². The zero-order valence-electron chi connectivity index (χ0n) is 11.4. The summed E-state index contributed by atoms with van der Waals surface area (Å²) in [5, 5.41) is 17.1. The highest BCUT2D eigenvalue weighted by atomic mass is 16.5. The van der Waals surface area contributed by atoms with Crippen molar-refractivity contribution in [1.82, 2.24) is 19.9 Å². The predicted molar refractivity (Wildman–Crippen MR) is 69.8 cm³/mol. The van der Waals surface area contributed by atoms with Crippen LogP contribution in [0.3, 0.4) is 0 Å². The number of aliphatic hydroxyl groups excluding tert-OH is 1. The van der Waals surface area contributed by atoms with Crippen LogP contribution in [-0.2, 0) is 16.9 Å². The Morgan fingerprint density at radius 3 is 2.95 bits per heavy atom. The molecule has 0 aliphatic heterocycles. The Morgan fingerprint density at radius 2 is 2.25 bits per heavy atom. The van der Waals surface area contributed by atoms with Crippen LogP contribution >= 0.6 is 0 Å². The van der Waals surface area contributed by atoms with Crippen molar-refractivity contribution in [2.45, 2.75) is 37.8 Å². The maximum absolute atomic E-state index is 8.88. The van der Waals surface area contributed by atoms with Crippen molar-refractivity contribution >= 4 is 0 Å². The molecule has 0 unspecified atom stereocenters. The third-order valence-corrected chi connectivity index (χ3v) is 3.84. The van der Waals surface area contributed by atoms with E-state index in [-0.39, 0.29) is 6.61 Å². The number of ether oxygens (including phenoxy) is 1. The third-order valence-electron chi connectivity index (χ3n) is 3.84. The van der Waals surface area contributed by atoms with Crippen LogP contribution in [0.5, 0.6) is 0 Å². The molecule has 20 heavy (non-hydrogen) atoms. The smallest absolute Gasteiger partial charge is 0.261 e. The van der Waals surface area contributed by atoms with E-state index in [1.54, 1.807) is 24.2 Å². The van der Waals surface area contributed by atoms with Crippen molar-refractivity contribution in [3.05, 3.63) is 18.2 Å². The molecule has 1 saturated carbocycles. The van der Waals surface area contributed by atoms with E-state index < -0.39 is 5.60 Å². The van der Waals surface area contributed by atoms with E-state index in [9.17, 15) is 0 Å². The molecule has 1 aliphatic carbocycles. The molecule has 0 aromatic carbocycles. The summed E-state index contributed by atoms with van der Waals surface area (Å²) in [5.74, 6) is 1.05. The Morgan fingerprint density at radius 1 is 1.45 bits per heavy atom. The molecule has 7 nitrogen and oxygen atoms in total. The van der Waals surface area contributed by atoms with Crippen LogP contribution < -0.4 is 0 Å². The second-order valence-electron chi connectivity index (χ2n) is 5.04. The summed E-state index contributed by atoms with van der Waals surface area (Å²) >= 11 is 0. The van der Waals surface area contributed by atoms with Crippen LogP contribution in [0.15, 0.2) is 16.9 Å². The summed E-state index contributed by atoms with van der Waals surface area (Å²) in [6.07, 6.45) is 7.51. The molecule has 1 aliphatic rings. The Kier molecular flexibility index (Phi) is 3.54. The van der Waals surface area contributed by atoms with Crippen LogP contribution in [0, 0.1) is 0 Å². The molecule has 2 heterocycles. The lowest BCUT2D eigenvalue weighted by molar-refractivity contribution is -0.0178. The first-order valence-corrected chi connectivity index (χ1v) is 6.80. The number of hydrogen-bond donors (Lipinski definition) is 1. The highest BCUT2D eigenvalue weighted by Gasteiger charge is 2.40. The van der Waals surface area contributed by atoms with Crippen LogP contribution in [-0.4, -0.2) is 38.7 Å². The van der Waals surface area contributed by atoms with Crippen molar-refractivity contribution in [2.75, 3.05) is 13.7 Å². The minimum absolute atomic E-state index is 0.0446. The van der Waals surface area contributed by atoms with Gasteiger partial charge in [0.15, 0.2) is 0 Å². The normalized spacial score (nSPS) is 17.7. The van der Waals surface area contributed by atoms with Crippen molar-refractivity contribution in [3.63, 3.8) is 0 Å². The van der Waals surface area contributed by atoms with Gasteiger partial charge in [-0.3, -0.25) is 4.68 Å². The minimum Gasteiger partial charge on any atom is -0.394 e. The monoisotopic (exact) mass is 278 g/mol. The van der Waals surface area contributed by atoms with Gasteiger partial charge >= 0.3 is 0 Å². The van der Waals surface area contributed by atoms with E-state index in [4.69, 9.17) is 14.4 Å². The zero-order chi connectivity index (χ0) is 14.0. The lowest BCUT2D eigenvalue weighted by Gasteiger charge is -2.22. The molecule has 2 aromatic heterocycles. The first kappa shape index (κ1) is 13.3. The van der Waals surface area contributed by atoms with Crippen LogP contribution in [0.1, 0.15) is 31.5 Å². The highest BCUT2D eigenvalue weighted by molar-refractivity contribution is 5.49. The average molecular weight is 278 g/mol. The molecule has 3 rings (SSSR count). The first-order chi connectivity index (χ1) is 9.77. The largest absolute Gasteiger partial charge is 0.394 e. The summed E-state index contributed by atoms with van der Waals surface area (Å²) in [4.78, 5) is 4.46. The molecule has 7 heteroatoms. The number of methoxy groups -OCH3 is 1. The van der Waals surface area contributed by atoms with Crippen LogP contribution in [0.2, 0.25) is 0 Å². The van der Waals surface area contributed by atoms with E-state index in [0.717, 1.165) is 31.2 Å². The molecular weight excluding hydrogens is 260 g/mol. The number of rotatable bonds is 5. The molecule has 0 amide bonds. The molecular formula is C13H18N4O3. The number of hydrogen-bond acceptors (Lipinski definition) is 6. The minimum atomic E-state index is -0.400. The summed E-state index contributed by atoms with van der Waals surface area (Å²) in [5.41, 5.74) is 0.351. The maximum atomic E-state index is 8.88. The van der Waals surface area contributed by atoms with Gasteiger partial charge in [-0.25, -0.2) is 0 Å². The van der Waals surface area contributed by atoms with Gasteiger partial charge in [-0.15, -0.1) is 0 Å². The summed E-state index contributed by atoms with van der Waals surface area (Å²) in [6.45, 7) is 0.492. The second kappa shape index (κ2) is 5.34. The van der Waals surface area contributed by atoms with Gasteiger partial charge in [0, 0.05) is 13.3 Å². The van der Waals surface area contributed by atoms with Crippen LogP contribution in [0.25, 0.3) is 11.5 Å². The zero-order valence-corrected chi connectivity index (χ0v) is 11.4. The quantitative estimate of drug-likeness (QED) is 0.888. The highest BCUT2D eigenvalue weighted by Crippen LogP contribution is 2.40. The molecule has 0 saturated heterocycles. The fraction of sp³-hybridized carbons (Fsp3) is 0.615. The Hall–Kier alpha value is -1.73. The summed E-state index contributed by atoms with van der Waals surface area (Å²) < 4.78 is 12.6. The maximum Gasteiger partial charge on any atom is 0.261 e. The standard InChI is InChI=1S/C13H18N4O3/c1-19-13(4-2-3-5-13)12-15-11(20-16-12)10-8-14-17(9-10)6-7-18/h8-9,18H,2-7H2,1H3. The Bertz CT molecular complexity index is 572. The molecule has 0 atom stereocenters. The Balaban J connectivity index is 1.85. The average Bonchev–Trinajstić information content (AvgIpc) is 3.19. The molecule has 0 bridgehead atoms. The van der Waals surface area contributed by atoms with Gasteiger partial charge in [0.2, 0.25) is 5.82 Å². The van der Waals surface area contributed by atoms with Crippen molar-refractivity contribution in [3.8, 4) is 11.5 Å². The van der Waals surface area contributed by atoms with Gasteiger partial charge in [0.25, 0.3) is 5.89 Å². The van der Waals surface area contributed by atoms with E-state index in [1.165, 1.54) is 0 Å². The molecule has 1 fully saturated rings. The number of aromatic nitrogens is 4. The van der Waals surface area contributed by atoms with Crippen molar-refractivity contribution in [1.29, 1.82) is 0 Å². The summed E-state index contributed by atoms with van der Waals surface area (Å²) in [7, 11) is 1.70. The number of nitrogens with zero attached hydrogens (tertiary/aromatic N) is 4. The van der Waals surface area contributed by atoms with Crippen molar-refractivity contribution in [2.24, 2.45) is 0 Å². The number of aliphatic hydroxyl groups is 1. The lowest BCUT2D eigenvalue weighted by Crippen LogP contribution is -2.25. The van der Waals surface area contributed by atoms with Crippen molar-refractivity contribution < 1.29 is 14.4 Å². The fourth-order valence-electron chi connectivity index (χ4n) is 2.69. The van der Waals surface area contributed by atoms with Gasteiger partial charge in [0.1, 0.15) is 5.60 Å². The van der Waals surface area contributed by atoms with Gasteiger partial charge < -0.3 is 14.4 Å². The van der Waals surface area contributed by atoms with Gasteiger partial charge in [-0.05, 0) is 25.7 Å². The second-order valence-corrected chi connectivity index (χ2v) is 5.04. The Labute approximate surface area is 116 Å². The van der Waals surface area contributed by atoms with Crippen LogP contribution in [0.4, 0.5) is 0 Å². The van der Waals surface area contributed by atoms with E-state index >= 15 is 0 Å². The molecule has 1 N–H and O–H groups in total. The van der Waals surface area contributed by atoms with Gasteiger partial charge in [0.05, 0.1) is 24.9 Å². The van der Waals surface area contributed by atoms with E-state index in [1.807, 2.05) is 0 Å². The van der Waals surface area contributed by atoms with E-state index in [2.05, 4.69) is 15.2 Å². The summed E-state index contributed by atoms with van der Waals surface area (Å²) in [6, 6.07) is 0. The predicted octanol–water partition coefficient (Wildman–Crippen LogP) is 1.34. The molecule has 108 valence electrons. The SMILES string of the molecule is COC1(c2noc(-c3cnn(CCO)c3)n2)CCCC1. The molecule has 0 spiro atoms. The fourth-order valence-corrected chi connectivity index (χ4v) is 2.69. The van der Waals surface area contributed by atoms with E-state index in [0.29, 0.717) is 18.3 Å². The lowest BCUT2D eigenvalue weighted by atomic mass is 10.0. The third kappa shape index (κ3) is 2.23. The van der Waals surface area contributed by atoms with Gasteiger partial charge in [-0.1, -0.05) is 5.16 Å². The molecule has 2 aromatic rings. The topological polar surface area (TPSA) is 86.2 Å².